The van der Waals surface area contributed by atoms with E-state index in [-0.39, 0.29) is 29.9 Å². The molecule has 2 heterocycles. The summed E-state index contributed by atoms with van der Waals surface area (Å²) in [5.41, 5.74) is 4.37. The topological polar surface area (TPSA) is 57.7 Å². The number of hydrogen-bond donors (Lipinski definition) is 0. The van der Waals surface area contributed by atoms with Crippen LogP contribution in [0.5, 0.6) is 0 Å². The fourth-order valence-electron chi connectivity index (χ4n) is 4.93. The Balaban J connectivity index is 1.69. The minimum Gasteiger partial charge on any atom is -0.330 e. The Kier molecular flexibility index (Phi) is 7.52. The van der Waals surface area contributed by atoms with E-state index in [0.29, 0.717) is 22.7 Å². The van der Waals surface area contributed by atoms with Gasteiger partial charge in [0.2, 0.25) is 15.9 Å². The maximum Gasteiger partial charge on any atom is 0.244 e. The van der Waals surface area contributed by atoms with Crippen LogP contribution < -0.4 is 0 Å². The first kappa shape index (κ1) is 25.6. The smallest absolute Gasteiger partial charge is 0.244 e. The third-order valence-electron chi connectivity index (χ3n) is 6.32. The summed E-state index contributed by atoms with van der Waals surface area (Å²) in [5, 5.41) is 2.67. The molecule has 1 amide bonds. The van der Waals surface area contributed by atoms with E-state index in [1.165, 1.54) is 15.3 Å². The summed E-state index contributed by atoms with van der Waals surface area (Å²) in [6, 6.07) is 13.0. The van der Waals surface area contributed by atoms with E-state index in [2.05, 4.69) is 12.6 Å². The van der Waals surface area contributed by atoms with Crippen molar-refractivity contribution in [3.63, 3.8) is 0 Å². The van der Waals surface area contributed by atoms with Gasteiger partial charge in [-0.1, -0.05) is 47.5 Å². The van der Waals surface area contributed by atoms with Gasteiger partial charge >= 0.3 is 0 Å². The van der Waals surface area contributed by atoms with Gasteiger partial charge in [0, 0.05) is 23.0 Å². The largest absolute Gasteiger partial charge is 0.330 e. The molecule has 1 aliphatic rings. The Hall–Kier alpha value is -2.45. The number of amides is 1. The van der Waals surface area contributed by atoms with Crippen molar-refractivity contribution in [2.45, 2.75) is 38.1 Å². The molecule has 0 unspecified atom stereocenters. The molecule has 3 aromatic rings. The number of benzene rings is 2. The standard InChI is InChI=1S/C27H29ClN2O3S2/c1-5-12-29(35(32,33)27-19(3)15-18(2)16-20(27)4)17-25(31)30-13-10-24-23(11-14-34-24)26(30)21-6-8-22(28)9-7-21/h5-9,11,14-16,26H,1,10,12-13,17H2,2-4H3/t26-/m0/s1. The highest BCUT2D eigenvalue weighted by molar-refractivity contribution is 7.89. The molecule has 0 bridgehead atoms. The second-order valence-corrected chi connectivity index (χ2v) is 12.2. The van der Waals surface area contributed by atoms with Gasteiger partial charge in [-0.05, 0) is 73.0 Å². The van der Waals surface area contributed by atoms with Gasteiger partial charge < -0.3 is 4.90 Å². The number of carbonyl (C=O) groups is 1. The lowest BCUT2D eigenvalue weighted by atomic mass is 9.93. The first-order valence-electron chi connectivity index (χ1n) is 11.4. The van der Waals surface area contributed by atoms with Crippen LogP contribution in [-0.2, 0) is 21.2 Å². The molecule has 0 radical (unpaired) electrons. The summed E-state index contributed by atoms with van der Waals surface area (Å²) >= 11 is 7.80. The van der Waals surface area contributed by atoms with Crippen molar-refractivity contribution in [3.8, 4) is 0 Å². The van der Waals surface area contributed by atoms with Crippen molar-refractivity contribution in [2.75, 3.05) is 19.6 Å². The zero-order valence-electron chi connectivity index (χ0n) is 20.1. The normalized spacial score (nSPS) is 15.8. The zero-order chi connectivity index (χ0) is 25.3. The number of halogens is 1. The molecule has 4 rings (SSSR count). The molecular weight excluding hydrogens is 500 g/mol. The van der Waals surface area contributed by atoms with Crippen molar-refractivity contribution >= 4 is 38.9 Å². The number of fused-ring (bicyclic) bond motifs is 1. The van der Waals surface area contributed by atoms with Crippen LogP contribution in [0.3, 0.4) is 0 Å². The van der Waals surface area contributed by atoms with Gasteiger partial charge in [-0.3, -0.25) is 4.79 Å². The second kappa shape index (κ2) is 10.3. The van der Waals surface area contributed by atoms with Crippen LogP contribution in [0.2, 0.25) is 5.02 Å². The number of hydrogen-bond acceptors (Lipinski definition) is 4. The lowest BCUT2D eigenvalue weighted by Gasteiger charge is -2.37. The molecule has 35 heavy (non-hydrogen) atoms. The van der Waals surface area contributed by atoms with Gasteiger partial charge in [-0.15, -0.1) is 17.9 Å². The number of rotatable bonds is 7. The average Bonchev–Trinajstić information content (AvgIpc) is 3.26. The number of carbonyl (C=O) groups excluding carboxylic acids is 1. The molecular formula is C27H29ClN2O3S2. The van der Waals surface area contributed by atoms with Crippen molar-refractivity contribution in [1.82, 2.24) is 9.21 Å². The first-order valence-corrected chi connectivity index (χ1v) is 14.1. The Bertz CT molecular complexity index is 1340. The van der Waals surface area contributed by atoms with Gasteiger partial charge in [0.1, 0.15) is 0 Å². The molecule has 1 aromatic heterocycles. The summed E-state index contributed by atoms with van der Waals surface area (Å²) in [6.45, 7) is 9.56. The van der Waals surface area contributed by atoms with E-state index in [0.717, 1.165) is 23.1 Å². The number of sulfonamides is 1. The molecule has 1 atom stereocenters. The Morgan fingerprint density at radius 3 is 2.46 bits per heavy atom. The fraction of sp³-hybridized carbons (Fsp3) is 0.296. The average molecular weight is 529 g/mol. The summed E-state index contributed by atoms with van der Waals surface area (Å²) in [6.07, 6.45) is 2.26. The molecule has 184 valence electrons. The Labute approximate surface area is 216 Å². The summed E-state index contributed by atoms with van der Waals surface area (Å²) < 4.78 is 28.7. The van der Waals surface area contributed by atoms with Crippen LogP contribution in [0.15, 0.2) is 65.4 Å². The van der Waals surface area contributed by atoms with Crippen molar-refractivity contribution in [1.29, 1.82) is 0 Å². The van der Waals surface area contributed by atoms with Crippen LogP contribution >= 0.6 is 22.9 Å². The van der Waals surface area contributed by atoms with Crippen LogP contribution in [0.1, 0.15) is 38.7 Å². The lowest BCUT2D eigenvalue weighted by molar-refractivity contribution is -0.133. The van der Waals surface area contributed by atoms with E-state index in [9.17, 15) is 13.2 Å². The molecule has 5 nitrogen and oxygen atoms in total. The third kappa shape index (κ3) is 5.09. The van der Waals surface area contributed by atoms with E-state index in [1.807, 2.05) is 48.7 Å². The Morgan fingerprint density at radius 2 is 1.83 bits per heavy atom. The lowest BCUT2D eigenvalue weighted by Crippen LogP contribution is -2.47. The predicted molar refractivity (Wildman–Crippen MR) is 143 cm³/mol. The highest BCUT2D eigenvalue weighted by atomic mass is 35.5. The maximum atomic E-state index is 13.7. The minimum absolute atomic E-state index is 0.0456. The van der Waals surface area contributed by atoms with Gasteiger partial charge in [0.25, 0.3) is 0 Å². The molecule has 0 saturated carbocycles. The Morgan fingerprint density at radius 1 is 1.17 bits per heavy atom. The summed E-state index contributed by atoms with van der Waals surface area (Å²) in [5.74, 6) is -0.241. The van der Waals surface area contributed by atoms with E-state index in [4.69, 9.17) is 11.6 Å². The number of nitrogens with zero attached hydrogens (tertiary/aromatic N) is 2. The van der Waals surface area contributed by atoms with Gasteiger partial charge in [-0.25, -0.2) is 8.42 Å². The molecule has 0 saturated heterocycles. The van der Waals surface area contributed by atoms with E-state index >= 15 is 0 Å². The molecule has 0 aliphatic carbocycles. The van der Waals surface area contributed by atoms with E-state index in [1.54, 1.807) is 30.1 Å². The van der Waals surface area contributed by atoms with E-state index < -0.39 is 10.0 Å². The molecule has 1 aliphatic heterocycles. The van der Waals surface area contributed by atoms with Crippen molar-refractivity contribution < 1.29 is 13.2 Å². The number of aryl methyl sites for hydroxylation is 3. The summed E-state index contributed by atoms with van der Waals surface area (Å²) in [4.78, 5) is 17.0. The summed E-state index contributed by atoms with van der Waals surface area (Å²) in [7, 11) is -3.91. The van der Waals surface area contributed by atoms with Crippen molar-refractivity contribution in [2.24, 2.45) is 0 Å². The molecule has 8 heteroatoms. The van der Waals surface area contributed by atoms with Crippen molar-refractivity contribution in [3.05, 3.63) is 98.2 Å². The van der Waals surface area contributed by atoms with Crippen LogP contribution in [-0.4, -0.2) is 43.2 Å². The minimum atomic E-state index is -3.91. The molecule has 2 aromatic carbocycles. The maximum absolute atomic E-state index is 13.7. The first-order chi connectivity index (χ1) is 16.6. The van der Waals surface area contributed by atoms with Crippen LogP contribution in [0.25, 0.3) is 0 Å². The third-order valence-corrected chi connectivity index (χ3v) is 9.69. The SMILES string of the molecule is C=CCN(CC(=O)N1CCc2sccc2[C@@H]1c1ccc(Cl)cc1)S(=O)(=O)c1c(C)cc(C)cc1C. The van der Waals surface area contributed by atoms with Gasteiger partial charge in [0.05, 0.1) is 17.5 Å². The van der Waals surface area contributed by atoms with Gasteiger partial charge in [0.15, 0.2) is 0 Å². The molecule has 0 N–H and O–H groups in total. The van der Waals surface area contributed by atoms with Crippen LogP contribution in [0.4, 0.5) is 0 Å². The van der Waals surface area contributed by atoms with Gasteiger partial charge in [-0.2, -0.15) is 4.31 Å². The number of thiophene rings is 1. The fourth-order valence-corrected chi connectivity index (χ4v) is 7.73. The zero-order valence-corrected chi connectivity index (χ0v) is 22.5. The highest BCUT2D eigenvalue weighted by Crippen LogP contribution is 2.38. The predicted octanol–water partition coefficient (Wildman–Crippen LogP) is 5.68. The highest BCUT2D eigenvalue weighted by Gasteiger charge is 2.36. The quantitative estimate of drug-likeness (QED) is 0.371. The second-order valence-electron chi connectivity index (χ2n) is 8.90. The molecule has 0 fully saturated rings. The van der Waals surface area contributed by atoms with Crippen LogP contribution in [0, 0.1) is 20.8 Å². The monoisotopic (exact) mass is 528 g/mol. The molecule has 0 spiro atoms.